The van der Waals surface area contributed by atoms with E-state index in [4.69, 9.17) is 9.26 Å². The molecule has 1 aliphatic heterocycles. The quantitative estimate of drug-likeness (QED) is 0.760. The number of hydrogen-bond acceptors (Lipinski definition) is 6. The van der Waals surface area contributed by atoms with Gasteiger partial charge < -0.3 is 19.3 Å². The number of aromatic nitrogens is 1. The summed E-state index contributed by atoms with van der Waals surface area (Å²) in [4.78, 5) is 16.1. The first-order chi connectivity index (χ1) is 10.0. The molecule has 2 rings (SSSR count). The van der Waals surface area contributed by atoms with Crippen LogP contribution in [0.5, 0.6) is 0 Å². The number of aliphatic hydroxyl groups excluding tert-OH is 1. The van der Waals surface area contributed by atoms with Crippen LogP contribution in [-0.2, 0) is 20.4 Å². The average molecular weight is 316 g/mol. The molecule has 2 unspecified atom stereocenters. The Balaban J connectivity index is 1.99. The maximum atomic E-state index is 11.7. The largest absolute Gasteiger partial charge is 0.379 e. The zero-order valence-corrected chi connectivity index (χ0v) is 12.9. The fourth-order valence-corrected chi connectivity index (χ4v) is 3.16. The van der Waals surface area contributed by atoms with Gasteiger partial charge in [0.1, 0.15) is 0 Å². The van der Waals surface area contributed by atoms with Crippen LogP contribution < -0.4 is 0 Å². The van der Waals surface area contributed by atoms with E-state index in [1.807, 2.05) is 0 Å². The first-order valence-corrected chi connectivity index (χ1v) is 8.57. The molecule has 1 aliphatic rings. The van der Waals surface area contributed by atoms with E-state index >= 15 is 0 Å². The van der Waals surface area contributed by atoms with Crippen LogP contribution in [0, 0.1) is 0 Å². The van der Waals surface area contributed by atoms with Crippen LogP contribution in [0.3, 0.4) is 0 Å². The number of nitrogens with zero attached hydrogens (tertiary/aromatic N) is 2. The van der Waals surface area contributed by atoms with Crippen molar-refractivity contribution in [2.24, 2.45) is 0 Å². The Hall–Kier alpha value is -0.820. The molecular formula is C13H21N2O5P. The summed E-state index contributed by atoms with van der Waals surface area (Å²) >= 11 is 0. The van der Waals surface area contributed by atoms with Crippen LogP contribution in [-0.4, -0.2) is 52.8 Å². The molecular weight excluding hydrogens is 295 g/mol. The monoisotopic (exact) mass is 316 g/mol. The van der Waals surface area contributed by atoms with Crippen LogP contribution in [0.2, 0.25) is 0 Å². The van der Waals surface area contributed by atoms with Gasteiger partial charge in [0.25, 0.3) is 0 Å². The lowest BCUT2D eigenvalue weighted by Gasteiger charge is -2.26. The standard InChI is InChI=1S/C13H21N2O5P/c1-2-20-21(17,18)13(16)11-3-4-12(14-9-11)10-15-5-7-19-8-6-15/h3-4,9,13,16H,2,5-8,10H2,1H3,(H,17,18). The Bertz CT molecular complexity index is 490. The maximum absolute atomic E-state index is 11.7. The van der Waals surface area contributed by atoms with E-state index in [0.29, 0.717) is 6.54 Å². The highest BCUT2D eigenvalue weighted by Crippen LogP contribution is 2.54. The number of rotatable bonds is 6. The molecule has 0 aliphatic carbocycles. The van der Waals surface area contributed by atoms with E-state index in [1.165, 1.54) is 6.20 Å². The SMILES string of the molecule is CCOP(=O)(O)C(O)c1ccc(CN2CCOCC2)nc1. The minimum atomic E-state index is -4.07. The van der Waals surface area contributed by atoms with Gasteiger partial charge in [-0.1, -0.05) is 6.07 Å². The predicted octanol–water partition coefficient (Wildman–Crippen LogP) is 1.13. The molecule has 0 aromatic carbocycles. The minimum absolute atomic E-state index is 0.0629. The second-order valence-electron chi connectivity index (χ2n) is 4.83. The molecule has 0 amide bonds. The molecule has 1 aromatic rings. The second-order valence-corrected chi connectivity index (χ2v) is 6.70. The highest BCUT2D eigenvalue weighted by Gasteiger charge is 2.31. The highest BCUT2D eigenvalue weighted by atomic mass is 31.2. The van der Waals surface area contributed by atoms with E-state index in [9.17, 15) is 14.6 Å². The molecule has 0 bridgehead atoms. The molecule has 118 valence electrons. The van der Waals surface area contributed by atoms with Crippen LogP contribution in [0.1, 0.15) is 24.0 Å². The Morgan fingerprint density at radius 3 is 2.76 bits per heavy atom. The topological polar surface area (TPSA) is 92.1 Å². The molecule has 7 nitrogen and oxygen atoms in total. The molecule has 2 N–H and O–H groups in total. The van der Waals surface area contributed by atoms with E-state index in [0.717, 1.165) is 32.0 Å². The summed E-state index contributed by atoms with van der Waals surface area (Å²) in [6.07, 6.45) is 1.42. The lowest BCUT2D eigenvalue weighted by molar-refractivity contribution is 0.0336. The summed E-state index contributed by atoms with van der Waals surface area (Å²) < 4.78 is 21.7. The molecule has 0 saturated carbocycles. The van der Waals surface area contributed by atoms with Crippen molar-refractivity contribution in [1.82, 2.24) is 9.88 Å². The Labute approximate surface area is 124 Å². The van der Waals surface area contributed by atoms with Crippen molar-refractivity contribution in [1.29, 1.82) is 0 Å². The molecule has 0 spiro atoms. The van der Waals surface area contributed by atoms with Crippen molar-refractivity contribution in [3.05, 3.63) is 29.6 Å². The summed E-state index contributed by atoms with van der Waals surface area (Å²) in [6.45, 7) is 5.52. The summed E-state index contributed by atoms with van der Waals surface area (Å²) in [5.41, 5.74) is 1.12. The van der Waals surface area contributed by atoms with Gasteiger partial charge >= 0.3 is 7.60 Å². The summed E-state index contributed by atoms with van der Waals surface area (Å²) in [5.74, 6) is -1.57. The Morgan fingerprint density at radius 2 is 2.19 bits per heavy atom. The lowest BCUT2D eigenvalue weighted by atomic mass is 10.2. The van der Waals surface area contributed by atoms with Crippen LogP contribution in [0.25, 0.3) is 0 Å². The van der Waals surface area contributed by atoms with Crippen molar-refractivity contribution >= 4 is 7.60 Å². The van der Waals surface area contributed by atoms with Crippen molar-refractivity contribution in [3.8, 4) is 0 Å². The maximum Gasteiger partial charge on any atom is 0.360 e. The van der Waals surface area contributed by atoms with Crippen molar-refractivity contribution in [2.45, 2.75) is 19.3 Å². The van der Waals surface area contributed by atoms with Gasteiger partial charge in [-0.3, -0.25) is 14.4 Å². The molecule has 1 saturated heterocycles. The fourth-order valence-electron chi connectivity index (χ4n) is 2.11. The van der Waals surface area contributed by atoms with E-state index in [2.05, 4.69) is 9.88 Å². The molecule has 0 radical (unpaired) electrons. The summed E-state index contributed by atoms with van der Waals surface area (Å²) in [5, 5.41) is 9.89. The van der Waals surface area contributed by atoms with Gasteiger partial charge in [-0.2, -0.15) is 0 Å². The van der Waals surface area contributed by atoms with E-state index < -0.39 is 13.4 Å². The zero-order valence-electron chi connectivity index (χ0n) is 12.0. The highest BCUT2D eigenvalue weighted by molar-refractivity contribution is 7.53. The van der Waals surface area contributed by atoms with E-state index in [1.54, 1.807) is 19.1 Å². The third-order valence-electron chi connectivity index (χ3n) is 3.26. The van der Waals surface area contributed by atoms with E-state index in [-0.39, 0.29) is 12.2 Å². The molecule has 21 heavy (non-hydrogen) atoms. The Morgan fingerprint density at radius 1 is 1.48 bits per heavy atom. The molecule has 1 aromatic heterocycles. The number of hydrogen-bond donors (Lipinski definition) is 2. The normalized spacial score (nSPS) is 20.9. The van der Waals surface area contributed by atoms with Gasteiger partial charge in [0.2, 0.25) is 0 Å². The lowest BCUT2D eigenvalue weighted by Crippen LogP contribution is -2.35. The van der Waals surface area contributed by atoms with Gasteiger partial charge in [-0.25, -0.2) is 0 Å². The van der Waals surface area contributed by atoms with Crippen molar-refractivity contribution in [3.63, 3.8) is 0 Å². The van der Waals surface area contributed by atoms with Crippen LogP contribution in [0.4, 0.5) is 0 Å². The number of aliphatic hydroxyl groups is 1. The van der Waals surface area contributed by atoms with Crippen molar-refractivity contribution in [2.75, 3.05) is 32.9 Å². The second kappa shape index (κ2) is 7.45. The Kier molecular flexibility index (Phi) is 5.87. The van der Waals surface area contributed by atoms with Gasteiger partial charge in [-0.15, -0.1) is 0 Å². The molecule has 1 fully saturated rings. The summed E-state index contributed by atoms with van der Waals surface area (Å²) in [7, 11) is -4.07. The number of ether oxygens (including phenoxy) is 1. The minimum Gasteiger partial charge on any atom is -0.379 e. The van der Waals surface area contributed by atoms with Crippen molar-refractivity contribution < 1.29 is 23.8 Å². The number of morpholine rings is 1. The van der Waals surface area contributed by atoms with Gasteiger partial charge in [-0.05, 0) is 13.0 Å². The molecule has 2 atom stereocenters. The van der Waals surface area contributed by atoms with Gasteiger partial charge in [0, 0.05) is 31.4 Å². The third-order valence-corrected chi connectivity index (χ3v) is 4.80. The fraction of sp³-hybridized carbons (Fsp3) is 0.615. The predicted molar refractivity (Wildman–Crippen MR) is 76.7 cm³/mol. The first-order valence-electron chi connectivity index (χ1n) is 6.93. The molecule has 2 heterocycles. The van der Waals surface area contributed by atoms with Gasteiger partial charge in [0.15, 0.2) is 5.85 Å². The zero-order chi connectivity index (χ0) is 15.3. The van der Waals surface area contributed by atoms with Crippen LogP contribution >= 0.6 is 7.60 Å². The van der Waals surface area contributed by atoms with Crippen LogP contribution in [0.15, 0.2) is 18.3 Å². The van der Waals surface area contributed by atoms with Gasteiger partial charge in [0.05, 0.1) is 25.5 Å². The smallest absolute Gasteiger partial charge is 0.360 e. The third kappa shape index (κ3) is 4.57. The summed E-state index contributed by atoms with van der Waals surface area (Å²) in [6, 6.07) is 3.36. The average Bonchev–Trinajstić information content (AvgIpc) is 2.48. The molecule has 8 heteroatoms. The first kappa shape index (κ1) is 16.5. The number of pyridine rings is 1.